The summed E-state index contributed by atoms with van der Waals surface area (Å²) in [5.74, 6) is 0.333. The van der Waals surface area contributed by atoms with Crippen LogP contribution in [0.25, 0.3) is 0 Å². The van der Waals surface area contributed by atoms with E-state index in [9.17, 15) is 8.42 Å². The van der Waals surface area contributed by atoms with Gasteiger partial charge in [-0.05, 0) is 50.6 Å². The first kappa shape index (κ1) is 17.5. The molecule has 0 atom stereocenters. The molecule has 0 unspecified atom stereocenters. The molecule has 7 heteroatoms. The maximum Gasteiger partial charge on any atom is 0.247 e. The largest absolute Gasteiger partial charge is 0.495 e. The van der Waals surface area contributed by atoms with Crippen molar-refractivity contribution in [1.82, 2.24) is 9.62 Å². The fourth-order valence-electron chi connectivity index (χ4n) is 2.79. The molecule has 0 aromatic heterocycles. The highest BCUT2D eigenvalue weighted by atomic mass is 35.5. The Kier molecular flexibility index (Phi) is 6.09. The van der Waals surface area contributed by atoms with Crippen molar-refractivity contribution in [3.63, 3.8) is 0 Å². The predicted octanol–water partition coefficient (Wildman–Crippen LogP) is 2.50. The van der Waals surface area contributed by atoms with Crippen molar-refractivity contribution in [2.24, 2.45) is 0 Å². The third kappa shape index (κ3) is 3.74. The van der Waals surface area contributed by atoms with Crippen LogP contribution < -0.4 is 10.1 Å². The Balaban J connectivity index is 2.42. The summed E-state index contributed by atoms with van der Waals surface area (Å²) in [5.41, 5.74) is 0. The van der Waals surface area contributed by atoms with Crippen LogP contribution in [0, 0.1) is 0 Å². The Labute approximate surface area is 137 Å². The summed E-state index contributed by atoms with van der Waals surface area (Å²) in [7, 11) is -2.16. The predicted molar refractivity (Wildman–Crippen MR) is 88.1 cm³/mol. The molecular weight excluding hydrogens is 324 g/mol. The molecule has 5 nitrogen and oxygen atoms in total. The summed E-state index contributed by atoms with van der Waals surface area (Å²) in [5, 5.41) is 3.66. The number of nitrogens with one attached hydrogen (secondary N) is 1. The lowest BCUT2D eigenvalue weighted by molar-refractivity contribution is 0.261. The highest BCUT2D eigenvalue weighted by molar-refractivity contribution is 7.89. The number of methoxy groups -OCH3 is 1. The van der Waals surface area contributed by atoms with Crippen molar-refractivity contribution in [3.05, 3.63) is 23.2 Å². The minimum absolute atomic E-state index is 0.0230. The van der Waals surface area contributed by atoms with E-state index in [0.717, 1.165) is 32.4 Å². The van der Waals surface area contributed by atoms with Crippen molar-refractivity contribution < 1.29 is 13.2 Å². The average Bonchev–Trinajstić information content (AvgIpc) is 2.53. The van der Waals surface area contributed by atoms with Crippen molar-refractivity contribution in [2.75, 3.05) is 26.7 Å². The summed E-state index contributed by atoms with van der Waals surface area (Å²) in [6.45, 7) is 4.17. The Morgan fingerprint density at radius 1 is 1.36 bits per heavy atom. The van der Waals surface area contributed by atoms with E-state index in [1.54, 1.807) is 16.4 Å². The van der Waals surface area contributed by atoms with Crippen molar-refractivity contribution >= 4 is 21.6 Å². The summed E-state index contributed by atoms with van der Waals surface area (Å²) in [6, 6.07) is 4.73. The number of hydrogen-bond donors (Lipinski definition) is 1. The zero-order chi connectivity index (χ0) is 16.2. The van der Waals surface area contributed by atoms with Crippen LogP contribution in [-0.2, 0) is 10.0 Å². The average molecular weight is 347 g/mol. The third-order valence-electron chi connectivity index (χ3n) is 3.87. The summed E-state index contributed by atoms with van der Waals surface area (Å²) in [4.78, 5) is 0.148. The molecule has 1 heterocycles. The topological polar surface area (TPSA) is 58.6 Å². The van der Waals surface area contributed by atoms with Gasteiger partial charge >= 0.3 is 0 Å². The summed E-state index contributed by atoms with van der Waals surface area (Å²) >= 11 is 6.00. The molecule has 1 aliphatic heterocycles. The van der Waals surface area contributed by atoms with Crippen molar-refractivity contribution in [2.45, 2.75) is 37.1 Å². The van der Waals surface area contributed by atoms with Crippen LogP contribution in [0.4, 0.5) is 0 Å². The van der Waals surface area contributed by atoms with Gasteiger partial charge < -0.3 is 10.1 Å². The lowest BCUT2D eigenvalue weighted by Gasteiger charge is -2.33. The first-order chi connectivity index (χ1) is 10.5. The number of ether oxygens (including phenoxy) is 1. The number of benzene rings is 1. The molecule has 22 heavy (non-hydrogen) atoms. The van der Waals surface area contributed by atoms with Gasteiger partial charge in [0.15, 0.2) is 0 Å². The van der Waals surface area contributed by atoms with Crippen LogP contribution in [0.1, 0.15) is 26.2 Å². The van der Waals surface area contributed by atoms with Crippen LogP contribution in [-0.4, -0.2) is 45.5 Å². The van der Waals surface area contributed by atoms with Gasteiger partial charge in [0.1, 0.15) is 10.6 Å². The minimum atomic E-state index is -3.63. The molecule has 2 rings (SSSR count). The molecule has 0 bridgehead atoms. The molecule has 1 aromatic carbocycles. The second-order valence-corrected chi connectivity index (χ2v) is 7.69. The SMILES string of the molecule is CCCN(C1CCNCC1)S(=O)(=O)c1cc(Cl)ccc1OC. The molecule has 0 spiro atoms. The molecule has 1 fully saturated rings. The molecule has 0 aliphatic carbocycles. The van der Waals surface area contributed by atoms with Gasteiger partial charge in [0.05, 0.1) is 7.11 Å². The number of hydrogen-bond acceptors (Lipinski definition) is 4. The fraction of sp³-hybridized carbons (Fsp3) is 0.600. The quantitative estimate of drug-likeness (QED) is 0.859. The van der Waals surface area contributed by atoms with Gasteiger partial charge in [-0.3, -0.25) is 0 Å². The van der Waals surface area contributed by atoms with Gasteiger partial charge in [-0.15, -0.1) is 0 Å². The Hall–Kier alpha value is -0.820. The van der Waals surface area contributed by atoms with E-state index in [1.807, 2.05) is 6.92 Å². The van der Waals surface area contributed by atoms with Gasteiger partial charge in [-0.25, -0.2) is 8.42 Å². The zero-order valence-corrected chi connectivity index (χ0v) is 14.6. The van der Waals surface area contributed by atoms with E-state index in [2.05, 4.69) is 5.32 Å². The summed E-state index contributed by atoms with van der Waals surface area (Å²) in [6.07, 6.45) is 2.41. The van der Waals surface area contributed by atoms with Gasteiger partial charge in [-0.2, -0.15) is 4.31 Å². The molecule has 0 amide bonds. The number of rotatable bonds is 6. The number of nitrogens with zero attached hydrogens (tertiary/aromatic N) is 1. The third-order valence-corrected chi connectivity index (χ3v) is 6.08. The van der Waals surface area contributed by atoms with Crippen molar-refractivity contribution in [1.29, 1.82) is 0 Å². The lowest BCUT2D eigenvalue weighted by atomic mass is 10.1. The van der Waals surface area contributed by atoms with Gasteiger partial charge in [0.2, 0.25) is 10.0 Å². The molecule has 1 aromatic rings. The van der Waals surface area contributed by atoms with E-state index >= 15 is 0 Å². The lowest BCUT2D eigenvalue weighted by Crippen LogP contribution is -2.46. The van der Waals surface area contributed by atoms with Gasteiger partial charge in [-0.1, -0.05) is 18.5 Å². The van der Waals surface area contributed by atoms with Crippen LogP contribution in [0.2, 0.25) is 5.02 Å². The van der Waals surface area contributed by atoms with Crippen LogP contribution >= 0.6 is 11.6 Å². The Bertz CT molecular complexity index is 601. The molecule has 1 N–H and O–H groups in total. The van der Waals surface area contributed by atoms with Gasteiger partial charge in [0.25, 0.3) is 0 Å². The summed E-state index contributed by atoms with van der Waals surface area (Å²) < 4.78 is 33.1. The monoisotopic (exact) mass is 346 g/mol. The van der Waals surface area contributed by atoms with E-state index < -0.39 is 10.0 Å². The molecule has 1 aliphatic rings. The first-order valence-electron chi connectivity index (χ1n) is 7.56. The van der Waals surface area contributed by atoms with E-state index in [1.165, 1.54) is 13.2 Å². The number of halogens is 1. The second kappa shape index (κ2) is 7.64. The number of piperidine rings is 1. The van der Waals surface area contributed by atoms with Crippen LogP contribution in [0.3, 0.4) is 0 Å². The van der Waals surface area contributed by atoms with E-state index in [0.29, 0.717) is 17.3 Å². The normalized spacial score (nSPS) is 16.9. The highest BCUT2D eigenvalue weighted by Crippen LogP contribution is 2.31. The van der Waals surface area contributed by atoms with E-state index in [-0.39, 0.29) is 10.9 Å². The highest BCUT2D eigenvalue weighted by Gasteiger charge is 2.33. The Morgan fingerprint density at radius 3 is 2.64 bits per heavy atom. The maximum absolute atomic E-state index is 13.1. The first-order valence-corrected chi connectivity index (χ1v) is 9.38. The fourth-order valence-corrected chi connectivity index (χ4v) is 4.99. The standard InChI is InChI=1S/C15H23ClN2O3S/c1-3-10-18(13-6-8-17-9-7-13)22(19,20)15-11-12(16)4-5-14(15)21-2/h4-5,11,13,17H,3,6-10H2,1-2H3. The molecular formula is C15H23ClN2O3S. The van der Waals surface area contributed by atoms with Gasteiger partial charge in [0, 0.05) is 17.6 Å². The number of sulfonamides is 1. The smallest absolute Gasteiger partial charge is 0.247 e. The van der Waals surface area contributed by atoms with Crippen LogP contribution in [0.5, 0.6) is 5.75 Å². The van der Waals surface area contributed by atoms with E-state index in [4.69, 9.17) is 16.3 Å². The maximum atomic E-state index is 13.1. The van der Waals surface area contributed by atoms with Crippen molar-refractivity contribution in [3.8, 4) is 5.75 Å². The van der Waals surface area contributed by atoms with Crippen LogP contribution in [0.15, 0.2) is 23.1 Å². The zero-order valence-electron chi connectivity index (χ0n) is 13.0. The molecule has 1 saturated heterocycles. The molecule has 124 valence electrons. The molecule has 0 saturated carbocycles. The minimum Gasteiger partial charge on any atom is -0.495 e. The second-order valence-electron chi connectivity index (χ2n) is 5.39. The Morgan fingerprint density at radius 2 is 2.05 bits per heavy atom. The molecule has 0 radical (unpaired) electrons.